The van der Waals surface area contributed by atoms with Gasteiger partial charge in [-0.3, -0.25) is 0 Å². The molecule has 1 aromatic rings. The highest BCUT2D eigenvalue weighted by atomic mass is 16.5. The van der Waals surface area contributed by atoms with E-state index in [4.69, 9.17) is 10.2 Å². The summed E-state index contributed by atoms with van der Waals surface area (Å²) in [7, 11) is 0. The molecule has 1 fully saturated rings. The Bertz CT molecular complexity index is 273. The third-order valence-corrected chi connectivity index (χ3v) is 2.50. The van der Waals surface area contributed by atoms with Crippen LogP contribution in [0.25, 0.3) is 0 Å². The topological polar surface area (TPSA) is 40.5 Å². The molecule has 0 unspecified atom stereocenters. The average molecular weight is 178 g/mol. The zero-order chi connectivity index (χ0) is 9.26. The normalized spacial score (nSPS) is 16.5. The van der Waals surface area contributed by atoms with Crippen LogP contribution in [0.3, 0.4) is 0 Å². The summed E-state index contributed by atoms with van der Waals surface area (Å²) < 4.78 is 0. The molecule has 1 aromatic carbocycles. The van der Waals surface area contributed by atoms with Crippen molar-refractivity contribution in [2.24, 2.45) is 5.92 Å². The lowest BCUT2D eigenvalue weighted by Gasteiger charge is -2.04. The van der Waals surface area contributed by atoms with Crippen LogP contribution >= 0.6 is 0 Å². The molecular formula is C11H14O2. The summed E-state index contributed by atoms with van der Waals surface area (Å²) in [5.74, 6) is 0.880. The molecule has 2 N–H and O–H groups in total. The van der Waals surface area contributed by atoms with Crippen molar-refractivity contribution in [2.75, 3.05) is 0 Å². The van der Waals surface area contributed by atoms with Crippen LogP contribution in [0.15, 0.2) is 24.3 Å². The Labute approximate surface area is 77.8 Å². The molecule has 0 amide bonds. The molecule has 0 aromatic heterocycles. The second kappa shape index (κ2) is 3.48. The van der Waals surface area contributed by atoms with Gasteiger partial charge in [0.25, 0.3) is 0 Å². The number of hydrogen-bond donors (Lipinski definition) is 2. The Balaban J connectivity index is 2.04. The Morgan fingerprint density at radius 2 is 1.77 bits per heavy atom. The molecule has 0 aliphatic heterocycles. The fraction of sp³-hybridized carbons (Fsp3) is 0.455. The monoisotopic (exact) mass is 178 g/mol. The molecule has 1 aliphatic rings. The lowest BCUT2D eigenvalue weighted by molar-refractivity contribution is -0.0424. The van der Waals surface area contributed by atoms with Crippen LogP contribution in [0.4, 0.5) is 0 Å². The highest BCUT2D eigenvalue weighted by Gasteiger charge is 2.21. The van der Waals surface area contributed by atoms with Gasteiger partial charge in [-0.1, -0.05) is 24.3 Å². The summed E-state index contributed by atoms with van der Waals surface area (Å²) in [6, 6.07) is 7.52. The Kier molecular flexibility index (Phi) is 2.34. The largest absolute Gasteiger partial charge is 0.364 e. The third kappa shape index (κ3) is 2.29. The van der Waals surface area contributed by atoms with E-state index < -0.39 is 6.29 Å². The molecule has 1 aliphatic carbocycles. The Hall–Kier alpha value is -0.860. The van der Waals surface area contributed by atoms with Crippen LogP contribution in [0.5, 0.6) is 0 Å². The van der Waals surface area contributed by atoms with Crippen molar-refractivity contribution in [1.29, 1.82) is 0 Å². The van der Waals surface area contributed by atoms with E-state index in [0.717, 1.165) is 12.3 Å². The predicted molar refractivity (Wildman–Crippen MR) is 50.0 cm³/mol. The molecular weight excluding hydrogens is 164 g/mol. The third-order valence-electron chi connectivity index (χ3n) is 2.50. The molecule has 1 saturated carbocycles. The summed E-state index contributed by atoms with van der Waals surface area (Å²) in [5.41, 5.74) is 1.87. The van der Waals surface area contributed by atoms with Gasteiger partial charge in [0.2, 0.25) is 0 Å². The van der Waals surface area contributed by atoms with Crippen molar-refractivity contribution in [3.63, 3.8) is 0 Å². The first-order chi connectivity index (χ1) is 6.25. The maximum absolute atomic E-state index is 8.86. The van der Waals surface area contributed by atoms with Crippen LogP contribution in [-0.4, -0.2) is 10.2 Å². The summed E-state index contributed by atoms with van der Waals surface area (Å²) in [5, 5.41) is 17.7. The van der Waals surface area contributed by atoms with E-state index >= 15 is 0 Å². The highest BCUT2D eigenvalue weighted by Crippen LogP contribution is 2.32. The first kappa shape index (κ1) is 8.73. The van der Waals surface area contributed by atoms with E-state index in [1.165, 1.54) is 18.4 Å². The van der Waals surface area contributed by atoms with Crippen molar-refractivity contribution >= 4 is 0 Å². The zero-order valence-electron chi connectivity index (χ0n) is 7.48. The minimum atomic E-state index is -1.34. The second-order valence-electron chi connectivity index (χ2n) is 3.76. The zero-order valence-corrected chi connectivity index (χ0v) is 7.48. The SMILES string of the molecule is OC(O)c1ccc(CC2CC2)cc1. The molecule has 0 bridgehead atoms. The second-order valence-corrected chi connectivity index (χ2v) is 3.76. The number of hydrogen-bond acceptors (Lipinski definition) is 2. The first-order valence-electron chi connectivity index (χ1n) is 4.70. The Morgan fingerprint density at radius 1 is 1.15 bits per heavy atom. The van der Waals surface area contributed by atoms with E-state index in [-0.39, 0.29) is 0 Å². The van der Waals surface area contributed by atoms with E-state index in [1.54, 1.807) is 12.1 Å². The lowest BCUT2D eigenvalue weighted by atomic mass is 10.1. The molecule has 2 heteroatoms. The van der Waals surface area contributed by atoms with Gasteiger partial charge in [-0.05, 0) is 30.7 Å². The van der Waals surface area contributed by atoms with Crippen molar-refractivity contribution in [1.82, 2.24) is 0 Å². The molecule has 70 valence electrons. The molecule has 0 radical (unpaired) electrons. The number of aliphatic hydroxyl groups excluding tert-OH is 1. The van der Waals surface area contributed by atoms with Gasteiger partial charge in [0.1, 0.15) is 0 Å². The molecule has 2 rings (SSSR count). The van der Waals surface area contributed by atoms with E-state index in [9.17, 15) is 0 Å². The maximum atomic E-state index is 8.86. The molecule has 0 atom stereocenters. The van der Waals surface area contributed by atoms with Gasteiger partial charge >= 0.3 is 0 Å². The fourth-order valence-corrected chi connectivity index (χ4v) is 1.48. The summed E-state index contributed by atoms with van der Waals surface area (Å²) in [4.78, 5) is 0. The molecule has 13 heavy (non-hydrogen) atoms. The lowest BCUT2D eigenvalue weighted by Crippen LogP contribution is -1.95. The summed E-state index contributed by atoms with van der Waals surface area (Å²) >= 11 is 0. The van der Waals surface area contributed by atoms with Crippen LogP contribution in [-0.2, 0) is 6.42 Å². The van der Waals surface area contributed by atoms with Crippen LogP contribution in [0.2, 0.25) is 0 Å². The molecule has 0 heterocycles. The molecule has 0 saturated heterocycles. The van der Waals surface area contributed by atoms with E-state index in [2.05, 4.69) is 0 Å². The van der Waals surface area contributed by atoms with Crippen LogP contribution < -0.4 is 0 Å². The summed E-state index contributed by atoms with van der Waals surface area (Å²) in [6.45, 7) is 0. The molecule has 2 nitrogen and oxygen atoms in total. The van der Waals surface area contributed by atoms with Gasteiger partial charge in [0, 0.05) is 5.56 Å². The summed E-state index contributed by atoms with van der Waals surface area (Å²) in [6.07, 6.45) is 2.51. The fourth-order valence-electron chi connectivity index (χ4n) is 1.48. The quantitative estimate of drug-likeness (QED) is 0.690. The van der Waals surface area contributed by atoms with Gasteiger partial charge in [0.15, 0.2) is 6.29 Å². The minimum Gasteiger partial charge on any atom is -0.364 e. The number of benzene rings is 1. The number of aliphatic hydroxyl groups is 2. The van der Waals surface area contributed by atoms with Gasteiger partial charge in [0.05, 0.1) is 0 Å². The highest BCUT2D eigenvalue weighted by molar-refractivity contribution is 5.23. The Morgan fingerprint density at radius 3 is 2.23 bits per heavy atom. The van der Waals surface area contributed by atoms with Gasteiger partial charge < -0.3 is 10.2 Å². The van der Waals surface area contributed by atoms with Gasteiger partial charge in [-0.25, -0.2) is 0 Å². The number of rotatable bonds is 3. The van der Waals surface area contributed by atoms with Crippen molar-refractivity contribution in [3.05, 3.63) is 35.4 Å². The van der Waals surface area contributed by atoms with E-state index in [0.29, 0.717) is 5.56 Å². The predicted octanol–water partition coefficient (Wildman–Crippen LogP) is 1.62. The van der Waals surface area contributed by atoms with Crippen LogP contribution in [0, 0.1) is 5.92 Å². The van der Waals surface area contributed by atoms with Crippen LogP contribution in [0.1, 0.15) is 30.3 Å². The average Bonchev–Trinajstić information content (AvgIpc) is 2.89. The van der Waals surface area contributed by atoms with Crippen molar-refractivity contribution in [3.8, 4) is 0 Å². The first-order valence-corrected chi connectivity index (χ1v) is 4.70. The standard InChI is InChI=1S/C11H14O2/c12-11(13)10-5-3-9(4-6-10)7-8-1-2-8/h3-6,8,11-13H,1-2,7H2. The minimum absolute atomic E-state index is 0.569. The smallest absolute Gasteiger partial charge is 0.178 e. The van der Waals surface area contributed by atoms with E-state index in [1.807, 2.05) is 12.1 Å². The van der Waals surface area contributed by atoms with Crippen molar-refractivity contribution in [2.45, 2.75) is 25.6 Å². The molecule has 0 spiro atoms. The van der Waals surface area contributed by atoms with Gasteiger partial charge in [-0.2, -0.15) is 0 Å². The van der Waals surface area contributed by atoms with Crippen molar-refractivity contribution < 1.29 is 10.2 Å². The van der Waals surface area contributed by atoms with Gasteiger partial charge in [-0.15, -0.1) is 0 Å². The maximum Gasteiger partial charge on any atom is 0.178 e.